The maximum atomic E-state index is 11.9. The predicted molar refractivity (Wildman–Crippen MR) is 90.5 cm³/mol. The number of nitrogens with zero attached hydrogens (tertiary/aromatic N) is 3. The maximum Gasteiger partial charge on any atom is 0.270 e. The number of hydrogen-bond donors (Lipinski definition) is 2. The van der Waals surface area contributed by atoms with E-state index in [2.05, 4.69) is 15.5 Å². The Labute approximate surface area is 141 Å². The van der Waals surface area contributed by atoms with Crippen molar-refractivity contribution in [3.05, 3.63) is 51.6 Å². The monoisotopic (exact) mass is 343 g/mol. The number of rotatable bonds is 6. The number of hydrogen-bond acceptors (Lipinski definition) is 6. The second-order valence-corrected chi connectivity index (χ2v) is 5.75. The molecule has 0 fully saturated rings. The maximum absolute atomic E-state index is 11.9. The highest BCUT2D eigenvalue weighted by Gasteiger charge is 2.14. The first kappa shape index (κ1) is 17.2. The van der Waals surface area contributed by atoms with Gasteiger partial charge < -0.3 is 5.32 Å². The zero-order valence-electron chi connectivity index (χ0n) is 12.6. The number of aromatic amines is 1. The summed E-state index contributed by atoms with van der Waals surface area (Å²) in [5.41, 5.74) is 0.741. The number of nitro benzene ring substituents is 1. The Morgan fingerprint density at radius 1 is 1.58 bits per heavy atom. The van der Waals surface area contributed by atoms with Crippen LogP contribution in [0.15, 0.2) is 35.4 Å². The minimum Gasteiger partial charge on any atom is -0.306 e. The molecule has 2 N–H and O–H groups in total. The third-order valence-electron chi connectivity index (χ3n) is 2.88. The normalized spacial score (nSPS) is 10.5. The molecule has 0 unspecified atom stereocenters. The second-order valence-electron chi connectivity index (χ2n) is 4.50. The number of thioether (sulfide) groups is 1. The first-order valence-electron chi connectivity index (χ1n) is 6.90. The molecule has 1 aromatic heterocycles. The molecule has 9 heteroatoms. The van der Waals surface area contributed by atoms with Crippen LogP contribution in [0.2, 0.25) is 0 Å². The summed E-state index contributed by atoms with van der Waals surface area (Å²) in [7, 11) is 0. The molecule has 0 bridgehead atoms. The number of anilines is 1. The lowest BCUT2D eigenvalue weighted by Gasteiger charge is -1.99. The molecule has 1 aromatic carbocycles. The number of nitriles is 1. The quantitative estimate of drug-likeness (QED) is 0.359. The number of nitrogens with one attached hydrogen (secondary N) is 2. The molecule has 0 aliphatic carbocycles. The third-order valence-corrected chi connectivity index (χ3v) is 3.74. The van der Waals surface area contributed by atoms with Crippen LogP contribution in [0.1, 0.15) is 18.1 Å². The van der Waals surface area contributed by atoms with E-state index in [1.54, 1.807) is 6.07 Å². The summed E-state index contributed by atoms with van der Waals surface area (Å²) in [6, 6.07) is 7.90. The second kappa shape index (κ2) is 7.94. The number of H-pyrrole nitrogens is 1. The van der Waals surface area contributed by atoms with E-state index in [0.717, 1.165) is 5.75 Å². The highest BCUT2D eigenvalue weighted by Crippen LogP contribution is 2.24. The highest BCUT2D eigenvalue weighted by molar-refractivity contribution is 7.99. The average Bonchev–Trinajstić information content (AvgIpc) is 2.95. The van der Waals surface area contributed by atoms with Crippen LogP contribution in [0.5, 0.6) is 0 Å². The molecule has 0 saturated heterocycles. The molecular formula is C15H13N5O3S. The largest absolute Gasteiger partial charge is 0.306 e. The van der Waals surface area contributed by atoms with Crippen molar-refractivity contribution in [1.29, 1.82) is 5.26 Å². The minimum atomic E-state index is -0.506. The zero-order valence-corrected chi connectivity index (χ0v) is 13.5. The first-order chi connectivity index (χ1) is 11.5. The van der Waals surface area contributed by atoms with Crippen molar-refractivity contribution in [3.63, 3.8) is 0 Å². The van der Waals surface area contributed by atoms with Gasteiger partial charge in [0.2, 0.25) is 5.91 Å². The Kier molecular flexibility index (Phi) is 5.70. The van der Waals surface area contributed by atoms with E-state index in [4.69, 9.17) is 5.26 Å². The molecule has 0 aliphatic rings. The summed E-state index contributed by atoms with van der Waals surface area (Å²) in [5, 5.41) is 29.5. The van der Waals surface area contributed by atoms with E-state index in [1.807, 2.05) is 13.0 Å². The SMILES string of the molecule is CCSc1n[nH]c(NC(=O)/C=C/c2cccc([N+](=O)[O-])c2)c1C#N. The molecule has 2 aromatic rings. The number of carbonyl (C=O) groups is 1. The van der Waals surface area contributed by atoms with Gasteiger partial charge in [-0.2, -0.15) is 10.4 Å². The van der Waals surface area contributed by atoms with Crippen molar-refractivity contribution in [2.45, 2.75) is 11.9 Å². The molecule has 0 spiro atoms. The van der Waals surface area contributed by atoms with Crippen molar-refractivity contribution in [3.8, 4) is 6.07 Å². The van der Waals surface area contributed by atoms with E-state index < -0.39 is 10.8 Å². The van der Waals surface area contributed by atoms with Gasteiger partial charge in [-0.25, -0.2) is 0 Å². The van der Waals surface area contributed by atoms with Gasteiger partial charge in [0.25, 0.3) is 5.69 Å². The minimum absolute atomic E-state index is 0.0564. The fourth-order valence-corrected chi connectivity index (χ4v) is 2.52. The fourth-order valence-electron chi connectivity index (χ4n) is 1.84. The Balaban J connectivity index is 2.10. The number of carbonyl (C=O) groups excluding carboxylic acids is 1. The van der Waals surface area contributed by atoms with E-state index in [1.165, 1.54) is 42.1 Å². The number of aromatic nitrogens is 2. The van der Waals surface area contributed by atoms with Crippen molar-refractivity contribution in [1.82, 2.24) is 10.2 Å². The van der Waals surface area contributed by atoms with Crippen molar-refractivity contribution >= 4 is 35.3 Å². The van der Waals surface area contributed by atoms with Crippen LogP contribution in [0.4, 0.5) is 11.5 Å². The van der Waals surface area contributed by atoms with Gasteiger partial charge in [-0.1, -0.05) is 19.1 Å². The van der Waals surface area contributed by atoms with Gasteiger partial charge in [0, 0.05) is 18.2 Å². The van der Waals surface area contributed by atoms with Crippen molar-refractivity contribution in [2.75, 3.05) is 11.1 Å². The molecule has 0 atom stereocenters. The summed E-state index contributed by atoms with van der Waals surface area (Å²) in [6.07, 6.45) is 2.68. The molecule has 122 valence electrons. The lowest BCUT2D eigenvalue weighted by Crippen LogP contribution is -2.09. The van der Waals surface area contributed by atoms with Crippen LogP contribution < -0.4 is 5.32 Å². The topological polar surface area (TPSA) is 125 Å². The van der Waals surface area contributed by atoms with Gasteiger partial charge in [-0.05, 0) is 17.4 Å². The van der Waals surface area contributed by atoms with Gasteiger partial charge >= 0.3 is 0 Å². The van der Waals surface area contributed by atoms with Crippen molar-refractivity contribution in [2.24, 2.45) is 0 Å². The van der Waals surface area contributed by atoms with Gasteiger partial charge in [0.1, 0.15) is 22.5 Å². The van der Waals surface area contributed by atoms with Crippen molar-refractivity contribution < 1.29 is 9.72 Å². The molecule has 0 aliphatic heterocycles. The summed E-state index contributed by atoms with van der Waals surface area (Å²) in [6.45, 7) is 1.93. The van der Waals surface area contributed by atoms with Crippen LogP contribution in [0.3, 0.4) is 0 Å². The Morgan fingerprint density at radius 3 is 3.04 bits per heavy atom. The molecule has 1 heterocycles. The van der Waals surface area contributed by atoms with Gasteiger partial charge in [0.15, 0.2) is 0 Å². The Hall–Kier alpha value is -3.12. The predicted octanol–water partition coefficient (Wildman–Crippen LogP) is 2.95. The van der Waals surface area contributed by atoms with Crippen LogP contribution >= 0.6 is 11.8 Å². The van der Waals surface area contributed by atoms with E-state index in [0.29, 0.717) is 10.6 Å². The third kappa shape index (κ3) is 4.21. The van der Waals surface area contributed by atoms with Crippen LogP contribution in [-0.2, 0) is 4.79 Å². The van der Waals surface area contributed by atoms with Crippen LogP contribution in [-0.4, -0.2) is 26.8 Å². The standard InChI is InChI=1S/C15H13N5O3S/c1-2-24-15-12(9-16)14(18-19-15)17-13(21)7-6-10-4-3-5-11(8-10)20(22)23/h3-8H,2H2,1H3,(H2,17,18,19,21)/b7-6+. The molecular weight excluding hydrogens is 330 g/mol. The number of benzene rings is 1. The Bertz CT molecular complexity index is 838. The van der Waals surface area contributed by atoms with E-state index >= 15 is 0 Å². The molecule has 0 saturated carbocycles. The molecule has 1 amide bonds. The van der Waals surface area contributed by atoms with Gasteiger partial charge in [-0.3, -0.25) is 20.0 Å². The molecule has 2 rings (SSSR count). The van der Waals surface area contributed by atoms with Gasteiger partial charge in [-0.15, -0.1) is 11.8 Å². The molecule has 8 nitrogen and oxygen atoms in total. The van der Waals surface area contributed by atoms with E-state index in [-0.39, 0.29) is 17.1 Å². The number of non-ortho nitro benzene ring substituents is 1. The summed E-state index contributed by atoms with van der Waals surface area (Å²) < 4.78 is 0. The molecule has 0 radical (unpaired) electrons. The highest BCUT2D eigenvalue weighted by atomic mass is 32.2. The smallest absolute Gasteiger partial charge is 0.270 e. The Morgan fingerprint density at radius 2 is 2.38 bits per heavy atom. The fraction of sp³-hybridized carbons (Fsp3) is 0.133. The molecule has 24 heavy (non-hydrogen) atoms. The van der Waals surface area contributed by atoms with Crippen LogP contribution in [0, 0.1) is 21.4 Å². The zero-order chi connectivity index (χ0) is 17.5. The lowest BCUT2D eigenvalue weighted by molar-refractivity contribution is -0.384. The number of nitro groups is 1. The summed E-state index contributed by atoms with van der Waals surface area (Å²) >= 11 is 1.39. The first-order valence-corrected chi connectivity index (χ1v) is 7.88. The van der Waals surface area contributed by atoms with Crippen LogP contribution in [0.25, 0.3) is 6.08 Å². The summed E-state index contributed by atoms with van der Waals surface area (Å²) in [5.74, 6) is 0.497. The van der Waals surface area contributed by atoms with E-state index in [9.17, 15) is 14.9 Å². The summed E-state index contributed by atoms with van der Waals surface area (Å²) in [4.78, 5) is 22.2. The van der Waals surface area contributed by atoms with Gasteiger partial charge in [0.05, 0.1) is 4.92 Å². The number of amides is 1. The average molecular weight is 343 g/mol. The lowest BCUT2D eigenvalue weighted by atomic mass is 10.2.